The van der Waals surface area contributed by atoms with E-state index in [0.29, 0.717) is 23.0 Å². The number of carbonyl (C=O) groups is 1. The predicted octanol–water partition coefficient (Wildman–Crippen LogP) is 3.47. The minimum atomic E-state index is -0.0706. The molecular formula is C16H26N4O2S. The van der Waals surface area contributed by atoms with E-state index in [4.69, 9.17) is 4.74 Å². The summed E-state index contributed by atoms with van der Waals surface area (Å²) in [6.07, 6.45) is 6.64. The molecule has 2 amide bonds. The Labute approximate surface area is 141 Å². The highest BCUT2D eigenvalue weighted by Gasteiger charge is 2.26. The lowest BCUT2D eigenvalue weighted by molar-refractivity contribution is 0.0851. The van der Waals surface area contributed by atoms with Gasteiger partial charge >= 0.3 is 6.03 Å². The van der Waals surface area contributed by atoms with Gasteiger partial charge in [-0.3, -0.25) is 5.32 Å². The van der Waals surface area contributed by atoms with Gasteiger partial charge in [0.25, 0.3) is 0 Å². The summed E-state index contributed by atoms with van der Waals surface area (Å²) in [5, 5.41) is 12.9. The van der Waals surface area contributed by atoms with Gasteiger partial charge in [-0.15, -0.1) is 10.2 Å². The number of nitrogens with zero attached hydrogens (tertiary/aromatic N) is 3. The summed E-state index contributed by atoms with van der Waals surface area (Å²) < 4.78 is 5.38. The number of urea groups is 1. The summed E-state index contributed by atoms with van der Waals surface area (Å²) >= 11 is 1.50. The molecule has 1 saturated carbocycles. The third kappa shape index (κ3) is 4.20. The van der Waals surface area contributed by atoms with Crippen LogP contribution in [0.5, 0.6) is 0 Å². The van der Waals surface area contributed by atoms with Crippen molar-refractivity contribution < 1.29 is 9.53 Å². The molecule has 23 heavy (non-hydrogen) atoms. The quantitative estimate of drug-likeness (QED) is 0.916. The Bertz CT molecular complexity index is 530. The van der Waals surface area contributed by atoms with Gasteiger partial charge in [-0.2, -0.15) is 0 Å². The molecule has 1 aliphatic carbocycles. The second-order valence-electron chi connectivity index (χ2n) is 6.80. The van der Waals surface area contributed by atoms with Crippen LogP contribution < -0.4 is 5.32 Å². The van der Waals surface area contributed by atoms with E-state index in [1.165, 1.54) is 24.2 Å². The minimum Gasteiger partial charge on any atom is -0.381 e. The molecule has 1 aromatic heterocycles. The number of hydrogen-bond acceptors (Lipinski definition) is 5. The fraction of sp³-hybridized carbons (Fsp3) is 0.812. The van der Waals surface area contributed by atoms with Gasteiger partial charge in [-0.05, 0) is 31.6 Å². The first-order valence-electron chi connectivity index (χ1n) is 8.58. The van der Waals surface area contributed by atoms with Crippen LogP contribution in [-0.2, 0) is 4.74 Å². The van der Waals surface area contributed by atoms with E-state index >= 15 is 0 Å². The molecule has 7 heteroatoms. The van der Waals surface area contributed by atoms with E-state index in [1.54, 1.807) is 0 Å². The number of rotatable bonds is 3. The molecule has 0 spiro atoms. The Kier molecular flexibility index (Phi) is 5.48. The predicted molar refractivity (Wildman–Crippen MR) is 90.9 cm³/mol. The Hall–Kier alpha value is -1.21. The number of anilines is 1. The minimum absolute atomic E-state index is 0.0706. The van der Waals surface area contributed by atoms with Gasteiger partial charge in [0.2, 0.25) is 5.13 Å². The Balaban J connectivity index is 1.56. The maximum absolute atomic E-state index is 12.4. The van der Waals surface area contributed by atoms with Crippen LogP contribution in [0.25, 0.3) is 0 Å². The van der Waals surface area contributed by atoms with Crippen molar-refractivity contribution in [1.82, 2.24) is 15.1 Å². The number of aromatic nitrogens is 2. The molecule has 1 N–H and O–H groups in total. The third-order valence-corrected chi connectivity index (χ3v) is 6.00. The molecule has 2 heterocycles. The molecule has 0 aromatic carbocycles. The van der Waals surface area contributed by atoms with Crippen molar-refractivity contribution in [3.05, 3.63) is 5.01 Å². The SMILES string of the molecule is CC1CCCC(N(C)C(=O)Nc2nnc(C3CCOCC3)s2)C1. The van der Waals surface area contributed by atoms with Gasteiger partial charge in [0.1, 0.15) is 5.01 Å². The average molecular weight is 338 g/mol. The van der Waals surface area contributed by atoms with Crippen molar-refractivity contribution in [2.24, 2.45) is 5.92 Å². The summed E-state index contributed by atoms with van der Waals surface area (Å²) in [6.45, 7) is 3.84. The van der Waals surface area contributed by atoms with E-state index < -0.39 is 0 Å². The highest BCUT2D eigenvalue weighted by Crippen LogP contribution is 2.31. The maximum Gasteiger partial charge on any atom is 0.323 e. The van der Waals surface area contributed by atoms with Gasteiger partial charge in [-0.1, -0.05) is 31.1 Å². The molecule has 2 aliphatic rings. The Morgan fingerprint density at radius 3 is 2.78 bits per heavy atom. The van der Waals surface area contributed by atoms with Crippen LogP contribution in [0, 0.1) is 5.92 Å². The monoisotopic (exact) mass is 338 g/mol. The first-order chi connectivity index (χ1) is 11.1. The van der Waals surface area contributed by atoms with Crippen LogP contribution in [0.15, 0.2) is 0 Å². The number of hydrogen-bond donors (Lipinski definition) is 1. The number of nitrogens with one attached hydrogen (secondary N) is 1. The normalized spacial score (nSPS) is 26.0. The molecule has 0 radical (unpaired) electrons. The summed E-state index contributed by atoms with van der Waals surface area (Å²) in [4.78, 5) is 14.3. The molecule has 1 saturated heterocycles. The zero-order valence-corrected chi connectivity index (χ0v) is 14.8. The van der Waals surface area contributed by atoms with Crippen LogP contribution in [0.2, 0.25) is 0 Å². The smallest absolute Gasteiger partial charge is 0.323 e. The van der Waals surface area contributed by atoms with Crippen molar-refractivity contribution in [1.29, 1.82) is 0 Å². The maximum atomic E-state index is 12.4. The van der Waals surface area contributed by atoms with E-state index in [-0.39, 0.29) is 6.03 Å². The summed E-state index contributed by atoms with van der Waals surface area (Å²) in [5.74, 6) is 1.12. The molecule has 6 nitrogen and oxygen atoms in total. The Morgan fingerprint density at radius 2 is 2.04 bits per heavy atom. The van der Waals surface area contributed by atoms with Gasteiger partial charge in [0, 0.05) is 32.2 Å². The fourth-order valence-corrected chi connectivity index (χ4v) is 4.40. The highest BCUT2D eigenvalue weighted by atomic mass is 32.1. The lowest BCUT2D eigenvalue weighted by atomic mass is 9.86. The molecule has 1 aromatic rings. The van der Waals surface area contributed by atoms with Gasteiger partial charge in [0.15, 0.2) is 0 Å². The van der Waals surface area contributed by atoms with Gasteiger partial charge in [0.05, 0.1) is 0 Å². The first-order valence-corrected chi connectivity index (χ1v) is 9.40. The second kappa shape index (κ2) is 7.57. The van der Waals surface area contributed by atoms with Crippen molar-refractivity contribution >= 4 is 22.5 Å². The largest absolute Gasteiger partial charge is 0.381 e. The topological polar surface area (TPSA) is 67.4 Å². The third-order valence-electron chi connectivity index (χ3n) is 5.00. The van der Waals surface area contributed by atoms with Crippen LogP contribution in [0.3, 0.4) is 0 Å². The zero-order chi connectivity index (χ0) is 16.2. The summed E-state index contributed by atoms with van der Waals surface area (Å²) in [6, 6.07) is 0.264. The van der Waals surface area contributed by atoms with E-state index in [1.807, 2.05) is 11.9 Å². The first kappa shape index (κ1) is 16.6. The van der Waals surface area contributed by atoms with E-state index in [2.05, 4.69) is 22.4 Å². The van der Waals surface area contributed by atoms with Crippen molar-refractivity contribution in [2.75, 3.05) is 25.6 Å². The van der Waals surface area contributed by atoms with Crippen LogP contribution in [0.1, 0.15) is 56.4 Å². The molecule has 2 unspecified atom stereocenters. The average Bonchev–Trinajstić information content (AvgIpc) is 3.03. The zero-order valence-electron chi connectivity index (χ0n) is 14.0. The standard InChI is InChI=1S/C16H26N4O2S/c1-11-4-3-5-13(10-11)20(2)16(21)17-15-19-18-14(23-15)12-6-8-22-9-7-12/h11-13H,3-10H2,1-2H3,(H,17,19,21). The molecule has 2 atom stereocenters. The number of ether oxygens (including phenoxy) is 1. The van der Waals surface area contributed by atoms with Crippen molar-refractivity contribution in [3.8, 4) is 0 Å². The number of amides is 2. The van der Waals surface area contributed by atoms with Crippen LogP contribution in [-0.4, -0.2) is 47.4 Å². The van der Waals surface area contributed by atoms with Crippen molar-refractivity contribution in [3.63, 3.8) is 0 Å². The van der Waals surface area contributed by atoms with Crippen molar-refractivity contribution in [2.45, 2.75) is 57.4 Å². The van der Waals surface area contributed by atoms with E-state index in [0.717, 1.165) is 43.9 Å². The lowest BCUT2D eigenvalue weighted by Gasteiger charge is -2.33. The Morgan fingerprint density at radius 1 is 1.26 bits per heavy atom. The summed E-state index contributed by atoms with van der Waals surface area (Å²) in [7, 11) is 1.89. The molecule has 0 bridgehead atoms. The van der Waals surface area contributed by atoms with E-state index in [9.17, 15) is 4.79 Å². The van der Waals surface area contributed by atoms with Crippen LogP contribution in [0.4, 0.5) is 9.93 Å². The molecule has 1 aliphatic heterocycles. The number of carbonyl (C=O) groups excluding carboxylic acids is 1. The second-order valence-corrected chi connectivity index (χ2v) is 7.81. The van der Waals surface area contributed by atoms with Gasteiger partial charge < -0.3 is 9.64 Å². The molecule has 3 rings (SSSR count). The molecule has 2 fully saturated rings. The molecular weight excluding hydrogens is 312 g/mol. The highest BCUT2D eigenvalue weighted by molar-refractivity contribution is 7.15. The van der Waals surface area contributed by atoms with Gasteiger partial charge in [-0.25, -0.2) is 4.79 Å². The fourth-order valence-electron chi connectivity index (χ4n) is 3.49. The summed E-state index contributed by atoms with van der Waals surface area (Å²) in [5.41, 5.74) is 0. The van der Waals surface area contributed by atoms with Crippen LogP contribution >= 0.6 is 11.3 Å². The lowest BCUT2D eigenvalue weighted by Crippen LogP contribution is -2.42. The molecule has 128 valence electrons.